The first kappa shape index (κ1) is 14.5. The Morgan fingerprint density at radius 3 is 2.67 bits per heavy atom. The third kappa shape index (κ3) is 3.16. The number of thiazole rings is 1. The first-order chi connectivity index (χ1) is 11.8. The fourth-order valence-electron chi connectivity index (χ4n) is 2.16. The maximum absolute atomic E-state index is 5.76. The van der Waals surface area contributed by atoms with Crippen LogP contribution < -0.4 is 10.1 Å². The summed E-state index contributed by atoms with van der Waals surface area (Å²) in [6.45, 7) is 1.85. The molecule has 0 fully saturated rings. The fraction of sp³-hybridized carbons (Fsp3) is 0.0588. The molecule has 0 spiro atoms. The van der Waals surface area contributed by atoms with Crippen LogP contribution >= 0.6 is 11.3 Å². The van der Waals surface area contributed by atoms with Gasteiger partial charge in [0.2, 0.25) is 5.88 Å². The third-order valence-electron chi connectivity index (χ3n) is 3.21. The molecule has 0 bridgehead atoms. The summed E-state index contributed by atoms with van der Waals surface area (Å²) in [7, 11) is 0. The van der Waals surface area contributed by atoms with Gasteiger partial charge in [0.25, 0.3) is 0 Å². The number of nitrogens with zero attached hydrogens (tertiary/aromatic N) is 4. The number of aromatic nitrogens is 4. The van der Waals surface area contributed by atoms with E-state index in [1.165, 1.54) is 11.3 Å². The summed E-state index contributed by atoms with van der Waals surface area (Å²) in [5, 5.41) is 3.91. The van der Waals surface area contributed by atoms with Crippen LogP contribution in [-0.2, 0) is 0 Å². The SMILES string of the molecule is Cc1nccc(Nc2nc3ccc(Oc4ccccc4)nc3s2)n1. The van der Waals surface area contributed by atoms with Gasteiger partial charge in [0.05, 0.1) is 0 Å². The Balaban J connectivity index is 1.59. The number of para-hydroxylation sites is 1. The van der Waals surface area contributed by atoms with E-state index in [0.29, 0.717) is 17.5 Å². The summed E-state index contributed by atoms with van der Waals surface area (Å²) in [4.78, 5) is 18.2. The normalized spacial score (nSPS) is 10.7. The lowest BCUT2D eigenvalue weighted by Gasteiger charge is -2.03. The number of hydrogen-bond acceptors (Lipinski definition) is 7. The highest BCUT2D eigenvalue weighted by Crippen LogP contribution is 2.29. The number of benzene rings is 1. The molecule has 3 heterocycles. The molecule has 4 rings (SSSR count). The van der Waals surface area contributed by atoms with Crippen molar-refractivity contribution < 1.29 is 4.74 Å². The Morgan fingerprint density at radius 1 is 0.958 bits per heavy atom. The van der Waals surface area contributed by atoms with Crippen LogP contribution in [0.1, 0.15) is 5.82 Å². The zero-order chi connectivity index (χ0) is 16.4. The Bertz CT molecular complexity index is 987. The molecule has 1 N–H and O–H groups in total. The maximum atomic E-state index is 5.76. The predicted octanol–water partition coefficient (Wildman–Crippen LogP) is 4.33. The molecule has 0 radical (unpaired) electrons. The molecule has 0 saturated heterocycles. The predicted molar refractivity (Wildman–Crippen MR) is 94.0 cm³/mol. The second-order valence-electron chi connectivity index (χ2n) is 5.02. The van der Waals surface area contributed by atoms with E-state index >= 15 is 0 Å². The molecule has 3 aromatic heterocycles. The van der Waals surface area contributed by atoms with Gasteiger partial charge >= 0.3 is 0 Å². The quantitative estimate of drug-likeness (QED) is 0.598. The van der Waals surface area contributed by atoms with Gasteiger partial charge in [-0.1, -0.05) is 29.5 Å². The lowest BCUT2D eigenvalue weighted by atomic mass is 10.3. The van der Waals surface area contributed by atoms with Crippen molar-refractivity contribution in [2.75, 3.05) is 5.32 Å². The van der Waals surface area contributed by atoms with Gasteiger partial charge in [0.1, 0.15) is 27.7 Å². The molecule has 118 valence electrons. The van der Waals surface area contributed by atoms with E-state index in [2.05, 4.69) is 25.3 Å². The highest BCUT2D eigenvalue weighted by atomic mass is 32.1. The smallest absolute Gasteiger partial charge is 0.220 e. The zero-order valence-corrected chi connectivity index (χ0v) is 13.6. The second kappa shape index (κ2) is 6.21. The number of pyridine rings is 1. The van der Waals surface area contributed by atoms with Crippen molar-refractivity contribution in [2.24, 2.45) is 0 Å². The molecular formula is C17H13N5OS. The lowest BCUT2D eigenvalue weighted by Crippen LogP contribution is -1.95. The minimum atomic E-state index is 0.543. The van der Waals surface area contributed by atoms with Crippen LogP contribution in [0, 0.1) is 6.92 Å². The molecule has 0 aliphatic rings. The van der Waals surface area contributed by atoms with Crippen LogP contribution in [0.2, 0.25) is 0 Å². The molecule has 6 nitrogen and oxygen atoms in total. The fourth-order valence-corrected chi connectivity index (χ4v) is 2.99. The van der Waals surface area contributed by atoms with Crippen molar-refractivity contribution in [3.63, 3.8) is 0 Å². The van der Waals surface area contributed by atoms with Crippen LogP contribution in [0.3, 0.4) is 0 Å². The van der Waals surface area contributed by atoms with Crippen LogP contribution in [0.4, 0.5) is 10.9 Å². The van der Waals surface area contributed by atoms with Gasteiger partial charge in [0, 0.05) is 12.3 Å². The highest BCUT2D eigenvalue weighted by Gasteiger charge is 2.08. The van der Waals surface area contributed by atoms with E-state index < -0.39 is 0 Å². The molecular weight excluding hydrogens is 322 g/mol. The first-order valence-electron chi connectivity index (χ1n) is 7.33. The van der Waals surface area contributed by atoms with Gasteiger partial charge in [0.15, 0.2) is 5.13 Å². The van der Waals surface area contributed by atoms with Crippen LogP contribution in [-0.4, -0.2) is 19.9 Å². The number of ether oxygens (including phenoxy) is 1. The van der Waals surface area contributed by atoms with E-state index in [1.807, 2.05) is 49.4 Å². The van der Waals surface area contributed by atoms with E-state index in [0.717, 1.165) is 21.2 Å². The summed E-state index contributed by atoms with van der Waals surface area (Å²) < 4.78 is 5.76. The van der Waals surface area contributed by atoms with Crippen molar-refractivity contribution in [3.05, 3.63) is 60.6 Å². The van der Waals surface area contributed by atoms with E-state index in [4.69, 9.17) is 4.74 Å². The van der Waals surface area contributed by atoms with Crippen molar-refractivity contribution in [2.45, 2.75) is 6.92 Å². The summed E-state index contributed by atoms with van der Waals surface area (Å²) >= 11 is 1.45. The molecule has 0 amide bonds. The summed E-state index contributed by atoms with van der Waals surface area (Å²) in [5.74, 6) is 2.71. The number of fused-ring (bicyclic) bond motifs is 1. The molecule has 0 aliphatic heterocycles. The van der Waals surface area contributed by atoms with E-state index in [-0.39, 0.29) is 0 Å². The molecule has 7 heteroatoms. The lowest BCUT2D eigenvalue weighted by molar-refractivity contribution is 0.465. The highest BCUT2D eigenvalue weighted by molar-refractivity contribution is 7.21. The number of rotatable bonds is 4. The minimum Gasteiger partial charge on any atom is -0.439 e. The maximum Gasteiger partial charge on any atom is 0.220 e. The number of hydrogen-bond donors (Lipinski definition) is 1. The first-order valence-corrected chi connectivity index (χ1v) is 8.15. The van der Waals surface area contributed by atoms with Gasteiger partial charge in [-0.15, -0.1) is 0 Å². The third-order valence-corrected chi connectivity index (χ3v) is 4.09. The van der Waals surface area contributed by atoms with Crippen LogP contribution in [0.25, 0.3) is 10.3 Å². The molecule has 0 saturated carbocycles. The summed E-state index contributed by atoms with van der Waals surface area (Å²) in [5.41, 5.74) is 0.814. The van der Waals surface area contributed by atoms with Gasteiger partial charge in [-0.25, -0.2) is 19.9 Å². The molecule has 0 unspecified atom stereocenters. The Labute approximate surface area is 142 Å². The average Bonchev–Trinajstić information content (AvgIpc) is 2.97. The number of nitrogens with one attached hydrogen (secondary N) is 1. The molecule has 1 aromatic carbocycles. The molecule has 0 atom stereocenters. The number of anilines is 2. The van der Waals surface area contributed by atoms with Crippen molar-refractivity contribution in [3.8, 4) is 11.6 Å². The Hall–Kier alpha value is -3.06. The molecule has 4 aromatic rings. The van der Waals surface area contributed by atoms with Crippen molar-refractivity contribution in [1.82, 2.24) is 19.9 Å². The van der Waals surface area contributed by atoms with Gasteiger partial charge in [-0.3, -0.25) is 0 Å². The largest absolute Gasteiger partial charge is 0.439 e. The standard InChI is InChI=1S/C17H13N5OS/c1-11-18-10-9-14(19-11)21-17-20-13-7-8-15(22-16(13)24-17)23-12-5-3-2-4-6-12/h2-10H,1H3,(H,18,19,20,21). The zero-order valence-electron chi connectivity index (χ0n) is 12.8. The Morgan fingerprint density at radius 2 is 1.83 bits per heavy atom. The second-order valence-corrected chi connectivity index (χ2v) is 6.00. The van der Waals surface area contributed by atoms with Crippen molar-refractivity contribution in [1.29, 1.82) is 0 Å². The van der Waals surface area contributed by atoms with Gasteiger partial charge in [-0.2, -0.15) is 0 Å². The van der Waals surface area contributed by atoms with E-state index in [1.54, 1.807) is 12.3 Å². The van der Waals surface area contributed by atoms with Crippen LogP contribution in [0.15, 0.2) is 54.7 Å². The summed E-state index contributed by atoms with van der Waals surface area (Å²) in [6.07, 6.45) is 1.71. The van der Waals surface area contributed by atoms with Gasteiger partial charge < -0.3 is 10.1 Å². The molecule has 0 aliphatic carbocycles. The number of aryl methyl sites for hydroxylation is 1. The average molecular weight is 335 g/mol. The van der Waals surface area contributed by atoms with E-state index in [9.17, 15) is 0 Å². The molecule has 24 heavy (non-hydrogen) atoms. The monoisotopic (exact) mass is 335 g/mol. The van der Waals surface area contributed by atoms with Crippen molar-refractivity contribution >= 4 is 32.6 Å². The van der Waals surface area contributed by atoms with Crippen LogP contribution in [0.5, 0.6) is 11.6 Å². The van der Waals surface area contributed by atoms with Gasteiger partial charge in [-0.05, 0) is 31.2 Å². The summed E-state index contributed by atoms with van der Waals surface area (Å²) in [6, 6.07) is 15.1. The topological polar surface area (TPSA) is 72.8 Å². The minimum absolute atomic E-state index is 0.543. The Kier molecular flexibility index (Phi) is 3.76.